The van der Waals surface area contributed by atoms with Crippen LogP contribution in [0, 0.1) is 10.1 Å². The fraction of sp³-hybridized carbons (Fsp3) is 0.200. The van der Waals surface area contributed by atoms with E-state index in [0.29, 0.717) is 33.8 Å². The molecule has 0 unspecified atom stereocenters. The number of nitrogens with one attached hydrogen (secondary N) is 2. The standard InChI is InChI=1S/C35H31N5O7/c1-47-31-17-15-23(20-30(31)40(45)46)34(42)38-27-13-6-5-12-26(27)37-33(41)22-9-7-8-21(18-22)32-36-28-19-24(35(43)44)14-16-29(28)39(32)25-10-3-2-4-11-25/h5-9,12-20,25H,2-4,10-11H2,1H3,(H,37,41)(H,38,42)(H,43,44). The number of carboxylic acids is 1. The summed E-state index contributed by atoms with van der Waals surface area (Å²) in [6.07, 6.45) is 5.30. The summed E-state index contributed by atoms with van der Waals surface area (Å²) in [7, 11) is 1.31. The zero-order valence-electron chi connectivity index (χ0n) is 25.4. The van der Waals surface area contributed by atoms with Gasteiger partial charge in [0, 0.05) is 28.8 Å². The molecule has 0 atom stereocenters. The molecule has 0 radical (unpaired) electrons. The van der Waals surface area contributed by atoms with E-state index in [4.69, 9.17) is 9.72 Å². The average molecular weight is 634 g/mol. The zero-order valence-corrected chi connectivity index (χ0v) is 25.4. The summed E-state index contributed by atoms with van der Waals surface area (Å²) in [6, 6.07) is 22.7. The van der Waals surface area contributed by atoms with Crippen molar-refractivity contribution in [1.82, 2.24) is 9.55 Å². The number of nitro groups is 1. The maximum Gasteiger partial charge on any atom is 0.335 e. The fourth-order valence-electron chi connectivity index (χ4n) is 6.01. The summed E-state index contributed by atoms with van der Waals surface area (Å²) in [4.78, 5) is 54.0. The lowest BCUT2D eigenvalue weighted by molar-refractivity contribution is -0.385. The second-order valence-electron chi connectivity index (χ2n) is 11.3. The normalized spacial score (nSPS) is 13.2. The van der Waals surface area contributed by atoms with Crippen molar-refractivity contribution in [2.24, 2.45) is 0 Å². The Morgan fingerprint density at radius 2 is 1.51 bits per heavy atom. The number of hydrogen-bond acceptors (Lipinski definition) is 7. The summed E-state index contributed by atoms with van der Waals surface area (Å²) < 4.78 is 7.19. The van der Waals surface area contributed by atoms with Gasteiger partial charge in [0.1, 0.15) is 5.82 Å². The van der Waals surface area contributed by atoms with Crippen LogP contribution in [0.1, 0.15) is 69.2 Å². The number of carbonyl (C=O) groups excluding carboxylic acids is 2. The van der Waals surface area contributed by atoms with Gasteiger partial charge in [0.2, 0.25) is 0 Å². The number of nitro benzene ring substituents is 1. The van der Waals surface area contributed by atoms with E-state index in [0.717, 1.165) is 37.3 Å². The van der Waals surface area contributed by atoms with Crippen molar-refractivity contribution in [3.05, 3.63) is 112 Å². The molecule has 1 saturated carbocycles. The molecule has 0 bridgehead atoms. The first kappa shape index (κ1) is 31.0. The van der Waals surface area contributed by atoms with Gasteiger partial charge in [0.05, 0.1) is 40.0 Å². The molecule has 12 nitrogen and oxygen atoms in total. The van der Waals surface area contributed by atoms with Gasteiger partial charge in [-0.05, 0) is 67.4 Å². The fourth-order valence-corrected chi connectivity index (χ4v) is 6.01. The van der Waals surface area contributed by atoms with E-state index in [1.807, 2.05) is 6.07 Å². The van der Waals surface area contributed by atoms with E-state index in [1.54, 1.807) is 60.7 Å². The maximum atomic E-state index is 13.6. The quantitative estimate of drug-likeness (QED) is 0.112. The number of imidazole rings is 1. The number of aromatic carboxylic acids is 1. The molecule has 6 rings (SSSR count). The molecule has 12 heteroatoms. The molecule has 1 heterocycles. The highest BCUT2D eigenvalue weighted by molar-refractivity contribution is 6.10. The van der Waals surface area contributed by atoms with Gasteiger partial charge in [0.15, 0.2) is 5.75 Å². The van der Waals surface area contributed by atoms with Crippen LogP contribution in [0.3, 0.4) is 0 Å². The molecule has 0 aliphatic heterocycles. The van der Waals surface area contributed by atoms with Crippen LogP contribution in [0.4, 0.5) is 17.1 Å². The van der Waals surface area contributed by atoms with E-state index in [-0.39, 0.29) is 28.6 Å². The number of nitrogens with zero attached hydrogens (tertiary/aromatic N) is 3. The highest BCUT2D eigenvalue weighted by Crippen LogP contribution is 2.37. The van der Waals surface area contributed by atoms with Crippen LogP contribution in [-0.4, -0.2) is 44.5 Å². The molecule has 47 heavy (non-hydrogen) atoms. The number of methoxy groups -OCH3 is 1. The summed E-state index contributed by atoms with van der Waals surface area (Å²) >= 11 is 0. The number of hydrogen-bond donors (Lipinski definition) is 3. The van der Waals surface area contributed by atoms with E-state index >= 15 is 0 Å². The molecule has 0 spiro atoms. The second kappa shape index (κ2) is 13.1. The van der Waals surface area contributed by atoms with Gasteiger partial charge in [-0.1, -0.05) is 43.5 Å². The molecule has 3 N–H and O–H groups in total. The van der Waals surface area contributed by atoms with Crippen molar-refractivity contribution in [1.29, 1.82) is 0 Å². The van der Waals surface area contributed by atoms with Gasteiger partial charge in [-0.15, -0.1) is 0 Å². The SMILES string of the molecule is COc1ccc(C(=O)Nc2ccccc2NC(=O)c2cccc(-c3nc4cc(C(=O)O)ccc4n3C3CCCCC3)c2)cc1[N+](=O)[O-]. The molecule has 1 aromatic heterocycles. The molecule has 238 valence electrons. The van der Waals surface area contributed by atoms with Crippen molar-refractivity contribution in [3.63, 3.8) is 0 Å². The Bertz CT molecular complexity index is 2030. The summed E-state index contributed by atoms with van der Waals surface area (Å²) in [6.45, 7) is 0. The van der Waals surface area contributed by atoms with Crippen LogP contribution < -0.4 is 15.4 Å². The smallest absolute Gasteiger partial charge is 0.335 e. The lowest BCUT2D eigenvalue weighted by atomic mass is 9.94. The van der Waals surface area contributed by atoms with Crippen molar-refractivity contribution >= 4 is 45.9 Å². The molecule has 1 aliphatic carbocycles. The molecule has 5 aromatic rings. The van der Waals surface area contributed by atoms with Crippen LogP contribution >= 0.6 is 0 Å². The third-order valence-electron chi connectivity index (χ3n) is 8.32. The predicted molar refractivity (Wildman–Crippen MR) is 176 cm³/mol. The first-order valence-corrected chi connectivity index (χ1v) is 15.1. The van der Waals surface area contributed by atoms with Gasteiger partial charge in [0.25, 0.3) is 11.8 Å². The van der Waals surface area contributed by atoms with Crippen LogP contribution in [0.5, 0.6) is 5.75 Å². The van der Waals surface area contributed by atoms with Gasteiger partial charge in [-0.2, -0.15) is 0 Å². The van der Waals surface area contributed by atoms with Crippen LogP contribution in [0.25, 0.3) is 22.4 Å². The molecular formula is C35H31N5O7. The van der Waals surface area contributed by atoms with E-state index in [9.17, 15) is 29.6 Å². The van der Waals surface area contributed by atoms with Crippen molar-refractivity contribution < 1.29 is 29.2 Å². The van der Waals surface area contributed by atoms with Gasteiger partial charge in [-0.3, -0.25) is 19.7 Å². The number of anilines is 2. The number of rotatable bonds is 9. The molecule has 4 aromatic carbocycles. The minimum absolute atomic E-state index is 0.0285. The number of carboxylic acid groups (broad SMARTS) is 1. The Kier molecular flexibility index (Phi) is 8.65. The second-order valence-corrected chi connectivity index (χ2v) is 11.3. The molecule has 1 fully saturated rings. The molecular weight excluding hydrogens is 602 g/mol. The average Bonchev–Trinajstić information content (AvgIpc) is 3.48. The highest BCUT2D eigenvalue weighted by atomic mass is 16.6. The number of aromatic nitrogens is 2. The number of benzene rings is 4. The van der Waals surface area contributed by atoms with Gasteiger partial charge < -0.3 is 25.0 Å². The highest BCUT2D eigenvalue weighted by Gasteiger charge is 2.24. The van der Waals surface area contributed by atoms with Crippen LogP contribution in [0.15, 0.2) is 84.9 Å². The molecule has 2 amide bonds. The largest absolute Gasteiger partial charge is 0.490 e. The number of para-hydroxylation sites is 2. The molecule has 1 aliphatic rings. The first-order chi connectivity index (χ1) is 22.7. The maximum absolute atomic E-state index is 13.6. The number of fused-ring (bicyclic) bond motifs is 1. The Labute approximate surface area is 269 Å². The lowest BCUT2D eigenvalue weighted by Gasteiger charge is -2.25. The predicted octanol–water partition coefficient (Wildman–Crippen LogP) is 7.33. The summed E-state index contributed by atoms with van der Waals surface area (Å²) in [5.41, 5.74) is 2.96. The number of ether oxygens (including phenoxy) is 1. The Morgan fingerprint density at radius 1 is 0.851 bits per heavy atom. The number of amides is 2. The van der Waals surface area contributed by atoms with Crippen molar-refractivity contribution in [3.8, 4) is 17.1 Å². The first-order valence-electron chi connectivity index (χ1n) is 15.1. The van der Waals surface area contributed by atoms with Gasteiger partial charge in [-0.25, -0.2) is 9.78 Å². The zero-order chi connectivity index (χ0) is 33.1. The Balaban J connectivity index is 1.28. The topological polar surface area (TPSA) is 166 Å². The van der Waals surface area contributed by atoms with Crippen LogP contribution in [-0.2, 0) is 0 Å². The lowest BCUT2D eigenvalue weighted by Crippen LogP contribution is -2.17. The van der Waals surface area contributed by atoms with E-state index < -0.39 is 22.7 Å². The summed E-state index contributed by atoms with van der Waals surface area (Å²) in [5.74, 6) is -1.37. The van der Waals surface area contributed by atoms with Gasteiger partial charge >= 0.3 is 11.7 Å². The molecule has 0 saturated heterocycles. The van der Waals surface area contributed by atoms with Crippen LogP contribution in [0.2, 0.25) is 0 Å². The minimum Gasteiger partial charge on any atom is -0.490 e. The van der Waals surface area contributed by atoms with Crippen molar-refractivity contribution in [2.45, 2.75) is 38.1 Å². The third-order valence-corrected chi connectivity index (χ3v) is 8.32. The van der Waals surface area contributed by atoms with E-state index in [2.05, 4.69) is 15.2 Å². The monoisotopic (exact) mass is 633 g/mol. The summed E-state index contributed by atoms with van der Waals surface area (Å²) in [5, 5.41) is 26.6. The number of carbonyl (C=O) groups is 3. The third kappa shape index (κ3) is 6.39. The van der Waals surface area contributed by atoms with E-state index in [1.165, 1.54) is 25.7 Å². The minimum atomic E-state index is -1.03. The Morgan fingerprint density at radius 3 is 2.15 bits per heavy atom. The van der Waals surface area contributed by atoms with Crippen molar-refractivity contribution in [2.75, 3.05) is 17.7 Å². The Hall–Kier alpha value is -6.04.